The molecule has 5 aliphatic rings. The van der Waals surface area contributed by atoms with Crippen LogP contribution in [0, 0.1) is 23.6 Å². The first-order valence-corrected chi connectivity index (χ1v) is 14.7. The van der Waals surface area contributed by atoms with E-state index in [9.17, 15) is 34.8 Å². The molecule has 2 fully saturated rings. The van der Waals surface area contributed by atoms with E-state index < -0.39 is 69.9 Å². The van der Waals surface area contributed by atoms with Crippen molar-refractivity contribution in [1.29, 1.82) is 0 Å². The predicted molar refractivity (Wildman–Crippen MR) is 157 cm³/mol. The number of fused-ring (bicyclic) bond motifs is 3. The number of aromatic hydroxyl groups is 1. The van der Waals surface area contributed by atoms with Gasteiger partial charge in [-0.3, -0.25) is 0 Å². The van der Waals surface area contributed by atoms with Gasteiger partial charge in [0, 0.05) is 0 Å². The second-order valence-corrected chi connectivity index (χ2v) is 12.7. The number of ketones is 1. The van der Waals surface area contributed by atoms with Gasteiger partial charge in [-0.15, -0.1) is 0 Å². The van der Waals surface area contributed by atoms with Crippen molar-refractivity contribution < 1.29 is 39.2 Å². The number of likely N-dealkylation sites (N-methyl/N-ethyl adjacent to an activating group) is 1. The van der Waals surface area contributed by atoms with Crippen molar-refractivity contribution in [3.05, 3.63) is 45.7 Å². The Labute approximate surface area is 248 Å². The summed E-state index contributed by atoms with van der Waals surface area (Å²) in [4.78, 5) is 42.6. The number of benzene rings is 1. The van der Waals surface area contributed by atoms with Crippen LogP contribution in [-0.2, 0) is 16.0 Å². The van der Waals surface area contributed by atoms with E-state index in [2.05, 4.69) is 12.8 Å². The quantitative estimate of drug-likeness (QED) is 0.252. The number of primary amides is 1. The Morgan fingerprint density at radius 2 is 1.93 bits per heavy atom. The zero-order chi connectivity index (χ0) is 31.1. The van der Waals surface area contributed by atoms with Gasteiger partial charge in [0.2, 0.25) is 0 Å². The van der Waals surface area contributed by atoms with Crippen LogP contribution in [0.3, 0.4) is 0 Å². The standard InChI is InChI=1S/C30H36BFN4O7/c1-35(2)22-15-9-13-8-14-16(32)10-18(36-7-3-4-17(29(36)42)34-11-12-5-6-12)23(37)20(14)24(38)19(13)27(40)30(15,43)26(31)21(25(22)39)28(33)41/h10,12-13,15,17,22,31,34,37,39-40,43H,3-9,11H2,1-2H3,(H2,33,41)/t13-,15-,17-,22-,30+/m0/s1. The fourth-order valence-corrected chi connectivity index (χ4v) is 7.57. The number of halogens is 1. The van der Waals surface area contributed by atoms with Crippen molar-refractivity contribution in [2.45, 2.75) is 56.2 Å². The average Bonchev–Trinajstić information content (AvgIpc) is 3.76. The Bertz CT molecular complexity index is 1540. The third kappa shape index (κ3) is 4.34. The summed E-state index contributed by atoms with van der Waals surface area (Å²) >= 11 is 0. The summed E-state index contributed by atoms with van der Waals surface area (Å²) in [6.45, 7) is 0.937. The molecule has 43 heavy (non-hydrogen) atoms. The number of nitrogens with two attached hydrogens (primary N) is 1. The number of carbonyl (C=O) groups is 3. The molecule has 1 saturated heterocycles. The number of phenols is 1. The number of hydrogen-bond acceptors (Lipinski definition) is 9. The number of Topliss-reactive ketones (excluding diaryl/α,β-unsaturated/α-hetero) is 1. The van der Waals surface area contributed by atoms with Gasteiger partial charge in [-0.2, -0.15) is 0 Å². The van der Waals surface area contributed by atoms with Crippen LogP contribution < -0.4 is 16.0 Å². The molecule has 7 N–H and O–H groups in total. The van der Waals surface area contributed by atoms with E-state index in [4.69, 9.17) is 5.73 Å². The van der Waals surface area contributed by atoms with Gasteiger partial charge in [-0.1, -0.05) is 0 Å². The number of nitrogens with one attached hydrogen (secondary N) is 1. The van der Waals surface area contributed by atoms with Crippen molar-refractivity contribution >= 4 is 36.2 Å². The van der Waals surface area contributed by atoms with Gasteiger partial charge in [0.15, 0.2) is 0 Å². The van der Waals surface area contributed by atoms with Crippen molar-refractivity contribution in [2.24, 2.45) is 23.5 Å². The molecular weight excluding hydrogens is 558 g/mol. The van der Waals surface area contributed by atoms with Gasteiger partial charge in [-0.05, 0) is 25.3 Å². The molecule has 11 nitrogen and oxygen atoms in total. The molecule has 228 valence electrons. The molecule has 0 radical (unpaired) electrons. The first-order chi connectivity index (χ1) is 20.3. The van der Waals surface area contributed by atoms with Crippen LogP contribution in [-0.4, -0.2) is 101 Å². The maximum absolute atomic E-state index is 15.8. The summed E-state index contributed by atoms with van der Waals surface area (Å²) in [5, 5.41) is 49.3. The van der Waals surface area contributed by atoms with E-state index in [-0.39, 0.29) is 53.1 Å². The van der Waals surface area contributed by atoms with Crippen molar-refractivity contribution in [2.75, 3.05) is 32.1 Å². The molecule has 1 heterocycles. The minimum absolute atomic E-state index is 0.0138. The number of aliphatic hydroxyl groups excluding tert-OH is 2. The van der Waals surface area contributed by atoms with Gasteiger partial charge in [0.1, 0.15) is 0 Å². The fraction of sp³-hybridized carbons (Fsp3) is 0.533. The Morgan fingerprint density at radius 1 is 1.23 bits per heavy atom. The Balaban J connectivity index is 1.43. The molecule has 4 aliphatic carbocycles. The van der Waals surface area contributed by atoms with Crippen molar-refractivity contribution in [1.82, 2.24) is 10.2 Å². The normalized spacial score (nSPS) is 30.9. The van der Waals surface area contributed by atoms with E-state index in [1.165, 1.54) is 4.90 Å². The number of hydrogen-bond donors (Lipinski definition) is 6. The predicted octanol–water partition coefficient (Wildman–Crippen LogP) is 0.259. The summed E-state index contributed by atoms with van der Waals surface area (Å²) in [5.74, 6) is -6.03. The van der Waals surface area contributed by atoms with Gasteiger partial charge in [-0.25, -0.2) is 0 Å². The molecule has 1 aromatic carbocycles. The second-order valence-electron chi connectivity index (χ2n) is 12.7. The van der Waals surface area contributed by atoms with Gasteiger partial charge >= 0.3 is 224 Å². The molecule has 1 aliphatic heterocycles. The topological polar surface area (TPSA) is 177 Å². The SMILES string of the molecule is B=C1C(C(N)=O)=C(O)[C@@H](N(C)C)[C@@H]2C[C@@H]3Cc4c(F)cc(N5CCC[C@H](NCC6CC6)C5=O)c(O)c4C(=O)C3=C(O)[C@]12O. The maximum atomic E-state index is 15.8. The molecule has 2 amide bonds. The first-order valence-electron chi connectivity index (χ1n) is 14.7. The molecule has 1 saturated carbocycles. The molecule has 0 unspecified atom stereocenters. The van der Waals surface area contributed by atoms with Gasteiger partial charge in [0.05, 0.1) is 0 Å². The van der Waals surface area contributed by atoms with Crippen LogP contribution in [0.15, 0.2) is 28.7 Å². The molecular formula is C30H36BFN4O7. The van der Waals surface area contributed by atoms with Crippen LogP contribution in [0.5, 0.6) is 5.75 Å². The molecule has 5 atom stereocenters. The van der Waals surface area contributed by atoms with Crippen LogP contribution in [0.4, 0.5) is 10.1 Å². The molecule has 6 rings (SSSR count). The summed E-state index contributed by atoms with van der Waals surface area (Å²) in [5.41, 5.74) is 1.57. The van der Waals surface area contributed by atoms with E-state index in [0.29, 0.717) is 25.3 Å². The van der Waals surface area contributed by atoms with E-state index >= 15 is 4.39 Å². The monoisotopic (exact) mass is 594 g/mol. The van der Waals surface area contributed by atoms with Crippen LogP contribution in [0.1, 0.15) is 48.0 Å². The summed E-state index contributed by atoms with van der Waals surface area (Å²) in [7, 11) is 6.99. The number of phenolic OH excluding ortho intramolecular Hbond substituents is 1. The average molecular weight is 594 g/mol. The number of piperidine rings is 1. The van der Waals surface area contributed by atoms with Crippen molar-refractivity contribution in [3.8, 4) is 5.75 Å². The third-order valence-corrected chi connectivity index (χ3v) is 9.92. The Hall–Kier alpha value is -3.55. The molecule has 0 aromatic heterocycles. The zero-order valence-corrected chi connectivity index (χ0v) is 24.2. The van der Waals surface area contributed by atoms with Crippen LogP contribution >= 0.6 is 0 Å². The third-order valence-electron chi connectivity index (χ3n) is 9.92. The number of aliphatic hydroxyl groups is 3. The molecule has 1 aromatic rings. The number of amides is 2. The number of allylic oxidation sites excluding steroid dienone is 1. The summed E-state index contributed by atoms with van der Waals surface area (Å²) in [6, 6.07) is -0.393. The fourth-order valence-electron chi connectivity index (χ4n) is 7.57. The second kappa shape index (κ2) is 10.3. The molecule has 13 heteroatoms. The van der Waals surface area contributed by atoms with Crippen molar-refractivity contribution in [3.63, 3.8) is 0 Å². The first kappa shape index (κ1) is 29.5. The number of carbonyl (C=O) groups excluding carboxylic acids is 3. The number of rotatable bonds is 6. The number of nitrogens with zero attached hydrogens (tertiary/aromatic N) is 2. The molecule has 0 bridgehead atoms. The minimum atomic E-state index is -2.35. The van der Waals surface area contributed by atoms with Crippen LogP contribution in [0.2, 0.25) is 0 Å². The van der Waals surface area contributed by atoms with Crippen LogP contribution in [0.25, 0.3) is 0 Å². The summed E-state index contributed by atoms with van der Waals surface area (Å²) in [6.07, 6.45) is 3.36. The zero-order valence-electron chi connectivity index (χ0n) is 24.2. The Morgan fingerprint density at radius 3 is 2.56 bits per heavy atom. The van der Waals surface area contributed by atoms with E-state index in [0.717, 1.165) is 18.9 Å². The number of anilines is 1. The summed E-state index contributed by atoms with van der Waals surface area (Å²) < 4.78 is 15.8. The van der Waals surface area contributed by atoms with E-state index in [1.807, 2.05) is 0 Å². The van der Waals surface area contributed by atoms with Gasteiger partial charge < -0.3 is 0 Å². The van der Waals surface area contributed by atoms with E-state index in [1.54, 1.807) is 19.0 Å². The molecule has 0 spiro atoms. The Kier molecular flexibility index (Phi) is 7.06. The van der Waals surface area contributed by atoms with Gasteiger partial charge in [0.25, 0.3) is 0 Å².